The van der Waals surface area contributed by atoms with Crippen molar-refractivity contribution in [2.24, 2.45) is 7.05 Å². The summed E-state index contributed by atoms with van der Waals surface area (Å²) >= 11 is 0. The number of fused-ring (bicyclic) bond motifs is 1. The lowest BCUT2D eigenvalue weighted by atomic mass is 10.1. The minimum absolute atomic E-state index is 0.739. The van der Waals surface area contributed by atoms with E-state index in [0.29, 0.717) is 0 Å². The summed E-state index contributed by atoms with van der Waals surface area (Å²) in [6.45, 7) is 3.24. The molecule has 0 aliphatic heterocycles. The van der Waals surface area contributed by atoms with Crippen molar-refractivity contribution in [2.45, 2.75) is 45.2 Å². The van der Waals surface area contributed by atoms with Gasteiger partial charge in [-0.15, -0.1) is 0 Å². The normalized spacial score (nSPS) is 16.8. The molecule has 0 amide bonds. The molecule has 1 aliphatic carbocycles. The largest absolute Gasteiger partial charge is 0.348 e. The first kappa shape index (κ1) is 11.8. The molecule has 18 heavy (non-hydrogen) atoms. The van der Waals surface area contributed by atoms with Gasteiger partial charge in [0.1, 0.15) is 0 Å². The smallest absolute Gasteiger partial charge is 0.0483 e. The van der Waals surface area contributed by atoms with Crippen LogP contribution >= 0.6 is 0 Å². The molecule has 1 N–H and O–H groups in total. The van der Waals surface area contributed by atoms with Crippen LogP contribution < -0.4 is 5.32 Å². The first-order valence-corrected chi connectivity index (χ1v) is 7.03. The van der Waals surface area contributed by atoms with E-state index in [9.17, 15) is 0 Å². The molecule has 0 bridgehead atoms. The fourth-order valence-electron chi connectivity index (χ4n) is 3.20. The van der Waals surface area contributed by atoms with Crippen LogP contribution in [0.1, 0.15) is 36.9 Å². The molecular formula is C16H22N2. The fourth-order valence-corrected chi connectivity index (χ4v) is 3.20. The van der Waals surface area contributed by atoms with Gasteiger partial charge >= 0.3 is 0 Å². The molecule has 0 atom stereocenters. The Bertz CT molecular complexity index is 547. The number of aryl methyl sites for hydroxylation is 1. The summed E-state index contributed by atoms with van der Waals surface area (Å²) in [6, 6.07) is 9.45. The fraction of sp³-hybridized carbons (Fsp3) is 0.500. The maximum absolute atomic E-state index is 3.73. The summed E-state index contributed by atoms with van der Waals surface area (Å²) in [5.74, 6) is 0. The Morgan fingerprint density at radius 3 is 2.72 bits per heavy atom. The van der Waals surface area contributed by atoms with E-state index in [2.05, 4.69) is 48.1 Å². The molecule has 1 saturated carbocycles. The number of hydrogen-bond acceptors (Lipinski definition) is 1. The van der Waals surface area contributed by atoms with E-state index in [4.69, 9.17) is 0 Å². The summed E-state index contributed by atoms with van der Waals surface area (Å²) < 4.78 is 2.31. The Hall–Kier alpha value is -1.28. The lowest BCUT2D eigenvalue weighted by Gasteiger charge is -2.12. The summed E-state index contributed by atoms with van der Waals surface area (Å²) in [4.78, 5) is 0. The van der Waals surface area contributed by atoms with Crippen molar-refractivity contribution in [3.05, 3.63) is 35.5 Å². The second kappa shape index (κ2) is 4.77. The molecule has 0 spiro atoms. The number of para-hydroxylation sites is 1. The standard InChI is InChI=1S/C16H22N2/c1-12-15(11-17-13-7-3-4-8-13)14-9-5-6-10-16(14)18(12)2/h5-6,9-10,13,17H,3-4,7-8,11H2,1-2H3. The molecule has 1 aliphatic rings. The number of aromatic nitrogens is 1. The predicted molar refractivity (Wildman–Crippen MR) is 76.8 cm³/mol. The van der Waals surface area contributed by atoms with Crippen LogP contribution in [0.5, 0.6) is 0 Å². The van der Waals surface area contributed by atoms with Crippen LogP contribution in [0, 0.1) is 6.92 Å². The lowest BCUT2D eigenvalue weighted by molar-refractivity contribution is 0.524. The van der Waals surface area contributed by atoms with E-state index < -0.39 is 0 Å². The highest BCUT2D eigenvalue weighted by Gasteiger charge is 2.16. The van der Waals surface area contributed by atoms with E-state index in [0.717, 1.165) is 12.6 Å². The van der Waals surface area contributed by atoms with Gasteiger partial charge in [-0.25, -0.2) is 0 Å². The molecule has 1 heterocycles. The third kappa shape index (κ3) is 1.95. The summed E-state index contributed by atoms with van der Waals surface area (Å²) in [5.41, 5.74) is 4.21. The molecule has 0 unspecified atom stereocenters. The Balaban J connectivity index is 1.88. The Kier molecular flexibility index (Phi) is 3.13. The SMILES string of the molecule is Cc1c(CNC2CCCC2)c2ccccc2n1C. The minimum atomic E-state index is 0.739. The van der Waals surface area contributed by atoms with Crippen molar-refractivity contribution in [3.8, 4) is 0 Å². The van der Waals surface area contributed by atoms with E-state index in [1.54, 1.807) is 0 Å². The molecule has 2 aromatic rings. The zero-order chi connectivity index (χ0) is 12.5. The Morgan fingerprint density at radius 2 is 1.94 bits per heavy atom. The van der Waals surface area contributed by atoms with Gasteiger partial charge in [-0.3, -0.25) is 0 Å². The van der Waals surface area contributed by atoms with E-state index >= 15 is 0 Å². The van der Waals surface area contributed by atoms with Crippen LogP contribution in [0.25, 0.3) is 10.9 Å². The number of hydrogen-bond donors (Lipinski definition) is 1. The monoisotopic (exact) mass is 242 g/mol. The van der Waals surface area contributed by atoms with Gasteiger partial charge < -0.3 is 9.88 Å². The minimum Gasteiger partial charge on any atom is -0.348 e. The van der Waals surface area contributed by atoms with Crippen LogP contribution in [0.3, 0.4) is 0 Å². The molecule has 2 nitrogen and oxygen atoms in total. The molecule has 0 radical (unpaired) electrons. The maximum Gasteiger partial charge on any atom is 0.0483 e. The van der Waals surface area contributed by atoms with Gasteiger partial charge in [-0.1, -0.05) is 31.0 Å². The number of nitrogens with zero attached hydrogens (tertiary/aromatic N) is 1. The average Bonchev–Trinajstić information content (AvgIpc) is 2.98. The Labute approximate surface area is 109 Å². The first-order chi connectivity index (χ1) is 8.77. The van der Waals surface area contributed by atoms with Crippen molar-refractivity contribution >= 4 is 10.9 Å². The van der Waals surface area contributed by atoms with Gasteiger partial charge in [0.15, 0.2) is 0 Å². The van der Waals surface area contributed by atoms with E-state index in [1.807, 2.05) is 0 Å². The quantitative estimate of drug-likeness (QED) is 0.871. The molecule has 2 heteroatoms. The van der Waals surface area contributed by atoms with Crippen LogP contribution in [-0.2, 0) is 13.6 Å². The molecule has 1 fully saturated rings. The third-order valence-electron chi connectivity index (χ3n) is 4.45. The van der Waals surface area contributed by atoms with Crippen molar-refractivity contribution in [2.75, 3.05) is 0 Å². The van der Waals surface area contributed by atoms with E-state index in [-0.39, 0.29) is 0 Å². The predicted octanol–water partition coefficient (Wildman–Crippen LogP) is 3.52. The topological polar surface area (TPSA) is 17.0 Å². The highest BCUT2D eigenvalue weighted by atomic mass is 15.0. The van der Waals surface area contributed by atoms with Gasteiger partial charge in [0.25, 0.3) is 0 Å². The van der Waals surface area contributed by atoms with E-state index in [1.165, 1.54) is 47.8 Å². The highest BCUT2D eigenvalue weighted by molar-refractivity contribution is 5.85. The molecule has 1 aromatic carbocycles. The van der Waals surface area contributed by atoms with Gasteiger partial charge in [0, 0.05) is 36.2 Å². The number of benzene rings is 1. The second-order valence-electron chi connectivity index (χ2n) is 5.50. The summed E-state index contributed by atoms with van der Waals surface area (Å²) in [5, 5.41) is 5.14. The average molecular weight is 242 g/mol. The lowest BCUT2D eigenvalue weighted by Crippen LogP contribution is -2.25. The van der Waals surface area contributed by atoms with Crippen LogP contribution in [0.2, 0.25) is 0 Å². The molecule has 0 saturated heterocycles. The zero-order valence-electron chi connectivity index (χ0n) is 11.4. The third-order valence-corrected chi connectivity index (χ3v) is 4.45. The Morgan fingerprint density at radius 1 is 1.22 bits per heavy atom. The van der Waals surface area contributed by atoms with Crippen molar-refractivity contribution in [1.82, 2.24) is 9.88 Å². The van der Waals surface area contributed by atoms with Crippen LogP contribution in [0.4, 0.5) is 0 Å². The van der Waals surface area contributed by atoms with Crippen LogP contribution in [0.15, 0.2) is 24.3 Å². The summed E-state index contributed by atoms with van der Waals surface area (Å²) in [7, 11) is 2.16. The summed E-state index contributed by atoms with van der Waals surface area (Å²) in [6.07, 6.45) is 5.49. The highest BCUT2D eigenvalue weighted by Crippen LogP contribution is 2.25. The van der Waals surface area contributed by atoms with Gasteiger partial charge in [-0.2, -0.15) is 0 Å². The van der Waals surface area contributed by atoms with Crippen molar-refractivity contribution < 1.29 is 0 Å². The maximum atomic E-state index is 3.73. The molecule has 1 aromatic heterocycles. The number of rotatable bonds is 3. The number of nitrogens with one attached hydrogen (secondary N) is 1. The molecule has 3 rings (SSSR count). The molecular weight excluding hydrogens is 220 g/mol. The van der Waals surface area contributed by atoms with Gasteiger partial charge in [0.05, 0.1) is 0 Å². The van der Waals surface area contributed by atoms with Crippen molar-refractivity contribution in [3.63, 3.8) is 0 Å². The van der Waals surface area contributed by atoms with Gasteiger partial charge in [-0.05, 0) is 31.4 Å². The zero-order valence-corrected chi connectivity index (χ0v) is 11.4. The van der Waals surface area contributed by atoms with Crippen molar-refractivity contribution in [1.29, 1.82) is 0 Å². The van der Waals surface area contributed by atoms with Crippen LogP contribution in [-0.4, -0.2) is 10.6 Å². The second-order valence-corrected chi connectivity index (χ2v) is 5.50. The molecule has 96 valence electrons. The van der Waals surface area contributed by atoms with Gasteiger partial charge in [0.2, 0.25) is 0 Å². The first-order valence-electron chi connectivity index (χ1n) is 7.03.